The molecule has 0 atom stereocenters. The van der Waals surface area contributed by atoms with Crippen molar-refractivity contribution in [1.29, 1.82) is 0 Å². The van der Waals surface area contributed by atoms with Gasteiger partial charge in [0.2, 0.25) is 11.8 Å². The number of piperidine rings is 1. The van der Waals surface area contributed by atoms with Gasteiger partial charge >= 0.3 is 7.12 Å². The van der Waals surface area contributed by atoms with Gasteiger partial charge in [0.15, 0.2) is 0 Å². The van der Waals surface area contributed by atoms with Crippen LogP contribution in [0.3, 0.4) is 0 Å². The molecule has 2 heterocycles. The van der Waals surface area contributed by atoms with E-state index in [1.54, 1.807) is 0 Å². The highest BCUT2D eigenvalue weighted by atomic mass is 16.7. The number of carbonyl (C=O) groups excluding carboxylic acids is 2. The summed E-state index contributed by atoms with van der Waals surface area (Å²) in [6.07, 6.45) is 0.815. The van der Waals surface area contributed by atoms with Gasteiger partial charge in [-0.25, -0.2) is 0 Å². The highest BCUT2D eigenvalue weighted by Gasteiger charge is 2.51. The fourth-order valence-corrected chi connectivity index (χ4v) is 3.33. The van der Waals surface area contributed by atoms with Crippen LogP contribution in [0.5, 0.6) is 0 Å². The summed E-state index contributed by atoms with van der Waals surface area (Å²) in [5.41, 5.74) is 0.855. The van der Waals surface area contributed by atoms with Crippen molar-refractivity contribution in [2.24, 2.45) is 5.41 Å². The molecule has 0 N–H and O–H groups in total. The number of hydrogen-bond acceptors (Lipinski definition) is 4. The van der Waals surface area contributed by atoms with Gasteiger partial charge in [-0.3, -0.25) is 14.5 Å². The monoisotopic (exact) mass is 357 g/mol. The smallest absolute Gasteiger partial charge is 0.399 e. The first kappa shape index (κ1) is 19.1. The average Bonchev–Trinajstić information content (AvgIpc) is 2.71. The minimum absolute atomic E-state index is 0.0960. The Morgan fingerprint density at radius 2 is 1.35 bits per heavy atom. The minimum atomic E-state index is -0.409. The lowest BCUT2D eigenvalue weighted by atomic mass is 9.78. The third-order valence-corrected chi connectivity index (χ3v) is 5.71. The van der Waals surface area contributed by atoms with E-state index in [-0.39, 0.29) is 28.4 Å². The molecule has 140 valence electrons. The topological polar surface area (TPSA) is 55.8 Å². The van der Waals surface area contributed by atoms with Crippen LogP contribution in [0.4, 0.5) is 0 Å². The zero-order valence-electron chi connectivity index (χ0n) is 16.6. The molecular weight excluding hydrogens is 329 g/mol. The van der Waals surface area contributed by atoms with E-state index in [1.165, 1.54) is 4.90 Å². The molecule has 0 bridgehead atoms. The van der Waals surface area contributed by atoms with Crippen molar-refractivity contribution in [1.82, 2.24) is 4.90 Å². The average molecular weight is 357 g/mol. The third kappa shape index (κ3) is 3.58. The van der Waals surface area contributed by atoms with Crippen molar-refractivity contribution >= 4 is 24.4 Å². The summed E-state index contributed by atoms with van der Waals surface area (Å²) in [5.74, 6) is -0.192. The highest BCUT2D eigenvalue weighted by Crippen LogP contribution is 2.36. The summed E-state index contributed by atoms with van der Waals surface area (Å²) >= 11 is 0. The maximum Gasteiger partial charge on any atom is 0.494 e. The molecule has 0 spiro atoms. The quantitative estimate of drug-likeness (QED) is 0.617. The first-order chi connectivity index (χ1) is 11.9. The van der Waals surface area contributed by atoms with E-state index < -0.39 is 7.12 Å². The molecule has 2 aliphatic heterocycles. The molecule has 0 radical (unpaired) electrons. The summed E-state index contributed by atoms with van der Waals surface area (Å²) < 4.78 is 12.1. The predicted molar refractivity (Wildman–Crippen MR) is 101 cm³/mol. The van der Waals surface area contributed by atoms with Crippen LogP contribution in [0, 0.1) is 5.41 Å². The standard InChI is InChI=1S/C20H28BNO4/c1-18(2)11-16(23)22(17(24)12-18)13-14-7-9-15(10-8-14)21-25-19(3,4)20(5,6)26-21/h7-10H,11-13H2,1-6H3. The SMILES string of the molecule is CC1(C)CC(=O)N(Cc2ccc(B3OC(C)(C)C(C)(C)O3)cc2)C(=O)C1. The summed E-state index contributed by atoms with van der Waals surface area (Å²) in [7, 11) is -0.409. The normalized spacial score (nSPS) is 24.2. The molecule has 0 aliphatic carbocycles. The van der Waals surface area contributed by atoms with Gasteiger partial charge in [-0.15, -0.1) is 0 Å². The van der Waals surface area contributed by atoms with E-state index in [4.69, 9.17) is 9.31 Å². The van der Waals surface area contributed by atoms with Crippen molar-refractivity contribution in [2.45, 2.75) is 72.1 Å². The lowest BCUT2D eigenvalue weighted by Gasteiger charge is -2.34. The molecule has 1 aromatic carbocycles. The molecular formula is C20H28BNO4. The fourth-order valence-electron chi connectivity index (χ4n) is 3.33. The second-order valence-corrected chi connectivity index (χ2v) is 9.22. The number of carbonyl (C=O) groups is 2. The first-order valence-corrected chi connectivity index (χ1v) is 9.18. The lowest BCUT2D eigenvalue weighted by molar-refractivity contribution is -0.153. The Labute approximate surface area is 156 Å². The molecule has 2 saturated heterocycles. The largest absolute Gasteiger partial charge is 0.494 e. The minimum Gasteiger partial charge on any atom is -0.399 e. The maximum absolute atomic E-state index is 12.3. The molecule has 6 heteroatoms. The molecule has 5 nitrogen and oxygen atoms in total. The van der Waals surface area contributed by atoms with Gasteiger partial charge in [0, 0.05) is 12.8 Å². The molecule has 0 unspecified atom stereocenters. The molecule has 2 aliphatic rings. The molecule has 3 rings (SSSR count). The van der Waals surface area contributed by atoms with Crippen molar-refractivity contribution in [3.05, 3.63) is 29.8 Å². The van der Waals surface area contributed by atoms with Gasteiger partial charge < -0.3 is 9.31 Å². The van der Waals surface area contributed by atoms with Crippen molar-refractivity contribution in [3.8, 4) is 0 Å². The molecule has 2 amide bonds. The third-order valence-electron chi connectivity index (χ3n) is 5.71. The second kappa shape index (κ2) is 6.20. The van der Waals surface area contributed by atoms with E-state index in [0.717, 1.165) is 11.0 Å². The van der Waals surface area contributed by atoms with E-state index in [1.807, 2.05) is 65.8 Å². The van der Waals surface area contributed by atoms with E-state index in [0.29, 0.717) is 19.4 Å². The molecule has 26 heavy (non-hydrogen) atoms. The lowest BCUT2D eigenvalue weighted by Crippen LogP contribution is -2.45. The van der Waals surface area contributed by atoms with Crippen LogP contribution in [0.15, 0.2) is 24.3 Å². The summed E-state index contributed by atoms with van der Waals surface area (Å²) in [5, 5.41) is 0. The van der Waals surface area contributed by atoms with E-state index >= 15 is 0 Å². The zero-order valence-corrected chi connectivity index (χ0v) is 16.6. The Morgan fingerprint density at radius 3 is 1.81 bits per heavy atom. The van der Waals surface area contributed by atoms with E-state index in [9.17, 15) is 9.59 Å². The number of benzene rings is 1. The van der Waals surface area contributed by atoms with Crippen LogP contribution in [0.1, 0.15) is 59.9 Å². The van der Waals surface area contributed by atoms with Crippen LogP contribution in [0.2, 0.25) is 0 Å². The summed E-state index contributed by atoms with van der Waals surface area (Å²) in [6.45, 7) is 12.3. The number of nitrogens with zero attached hydrogens (tertiary/aromatic N) is 1. The van der Waals surface area contributed by atoms with Crippen molar-refractivity contribution in [2.75, 3.05) is 0 Å². The Kier molecular flexibility index (Phi) is 4.56. The predicted octanol–water partition coefficient (Wildman–Crippen LogP) is 2.66. The van der Waals surface area contributed by atoms with Crippen molar-refractivity contribution < 1.29 is 18.9 Å². The molecule has 2 fully saturated rings. The number of likely N-dealkylation sites (tertiary alicyclic amines) is 1. The Bertz CT molecular complexity index is 688. The number of amides is 2. The Balaban J connectivity index is 1.69. The van der Waals surface area contributed by atoms with E-state index in [2.05, 4.69) is 0 Å². The molecule has 1 aromatic rings. The first-order valence-electron chi connectivity index (χ1n) is 9.18. The van der Waals surface area contributed by atoms with Crippen LogP contribution in [-0.2, 0) is 25.4 Å². The van der Waals surface area contributed by atoms with Crippen LogP contribution in [0.25, 0.3) is 0 Å². The van der Waals surface area contributed by atoms with Crippen LogP contribution < -0.4 is 5.46 Å². The van der Waals surface area contributed by atoms with Gasteiger partial charge in [0.25, 0.3) is 0 Å². The fraction of sp³-hybridized carbons (Fsp3) is 0.600. The van der Waals surface area contributed by atoms with Gasteiger partial charge in [0.1, 0.15) is 0 Å². The Morgan fingerprint density at radius 1 is 0.885 bits per heavy atom. The molecule has 0 saturated carbocycles. The summed E-state index contributed by atoms with van der Waals surface area (Å²) in [6, 6.07) is 7.75. The van der Waals surface area contributed by atoms with Crippen LogP contribution >= 0.6 is 0 Å². The van der Waals surface area contributed by atoms with Crippen LogP contribution in [-0.4, -0.2) is 35.0 Å². The highest BCUT2D eigenvalue weighted by molar-refractivity contribution is 6.62. The number of hydrogen-bond donors (Lipinski definition) is 0. The number of imide groups is 1. The second-order valence-electron chi connectivity index (χ2n) is 9.22. The van der Waals surface area contributed by atoms with Gasteiger partial charge in [-0.1, -0.05) is 38.1 Å². The zero-order chi connectivity index (χ0) is 19.3. The van der Waals surface area contributed by atoms with Gasteiger partial charge in [0.05, 0.1) is 17.7 Å². The maximum atomic E-state index is 12.3. The summed E-state index contributed by atoms with van der Waals surface area (Å²) in [4.78, 5) is 26.0. The molecule has 0 aromatic heterocycles. The van der Waals surface area contributed by atoms with Crippen molar-refractivity contribution in [3.63, 3.8) is 0 Å². The van der Waals surface area contributed by atoms with Gasteiger partial charge in [-0.05, 0) is 44.1 Å². The van der Waals surface area contributed by atoms with Gasteiger partial charge in [-0.2, -0.15) is 0 Å². The number of rotatable bonds is 3. The Hall–Kier alpha value is -1.66.